The van der Waals surface area contributed by atoms with Gasteiger partial charge in [0, 0.05) is 0 Å². The molecule has 0 N–H and O–H groups in total. The maximum atomic E-state index is 13.3. The molecule has 0 atom stereocenters. The van der Waals surface area contributed by atoms with Gasteiger partial charge in [-0.1, -0.05) is 42.2 Å². The molecule has 0 unspecified atom stereocenters. The Morgan fingerprint density at radius 1 is 1.29 bits per heavy atom. The Bertz CT molecular complexity index is 869. The molecule has 0 bridgehead atoms. The summed E-state index contributed by atoms with van der Waals surface area (Å²) in [5, 5.41) is 0. The summed E-state index contributed by atoms with van der Waals surface area (Å²) in [4.78, 5) is 14.7. The van der Waals surface area contributed by atoms with Gasteiger partial charge >= 0.3 is 0 Å². The van der Waals surface area contributed by atoms with Crippen molar-refractivity contribution in [3.05, 3.63) is 63.2 Å². The number of carbonyl (C=O) groups is 1. The Hall–Kier alpha value is -1.70. The molecule has 1 fully saturated rings. The third-order valence-electron chi connectivity index (χ3n) is 3.36. The number of thioether (sulfide) groups is 1. The molecule has 1 amide bonds. The molecule has 3 nitrogen and oxygen atoms in total. The van der Waals surface area contributed by atoms with Gasteiger partial charge in [-0.05, 0) is 51.8 Å². The molecule has 0 spiro atoms. The van der Waals surface area contributed by atoms with Crippen LogP contribution in [0.15, 0.2) is 51.8 Å². The van der Waals surface area contributed by atoms with Gasteiger partial charge < -0.3 is 4.74 Å². The first kappa shape index (κ1) is 17.1. The molecule has 0 aliphatic carbocycles. The fourth-order valence-corrected chi connectivity index (χ4v) is 3.92. The van der Waals surface area contributed by atoms with Gasteiger partial charge in [0.25, 0.3) is 5.91 Å². The van der Waals surface area contributed by atoms with E-state index in [1.54, 1.807) is 37.5 Å². The van der Waals surface area contributed by atoms with Crippen LogP contribution in [-0.2, 0) is 4.79 Å². The smallest absolute Gasteiger partial charge is 0.270 e. The van der Waals surface area contributed by atoms with Gasteiger partial charge in [0.1, 0.15) is 11.6 Å². The third kappa shape index (κ3) is 3.24. The van der Waals surface area contributed by atoms with E-state index in [0.717, 1.165) is 0 Å². The van der Waals surface area contributed by atoms with E-state index in [0.29, 0.717) is 30.7 Å². The minimum absolute atomic E-state index is 0.227. The molecule has 3 rings (SSSR count). The first-order valence-electron chi connectivity index (χ1n) is 6.87. The van der Waals surface area contributed by atoms with Crippen LogP contribution in [0.1, 0.15) is 5.56 Å². The van der Waals surface area contributed by atoms with Gasteiger partial charge in [-0.25, -0.2) is 4.39 Å². The Balaban J connectivity index is 1.97. The predicted molar refractivity (Wildman–Crippen MR) is 103 cm³/mol. The number of amides is 1. The minimum Gasteiger partial charge on any atom is -0.495 e. The summed E-state index contributed by atoms with van der Waals surface area (Å²) in [5.74, 6) is -0.0109. The number of hydrogen-bond acceptors (Lipinski definition) is 4. The highest BCUT2D eigenvalue weighted by Gasteiger charge is 2.34. The molecular weight excluding hydrogens is 413 g/mol. The Morgan fingerprint density at radius 3 is 2.75 bits per heavy atom. The summed E-state index contributed by atoms with van der Waals surface area (Å²) in [6.07, 6.45) is 1.69. The number of para-hydroxylation sites is 2. The number of halogens is 2. The average molecular weight is 424 g/mol. The quantitative estimate of drug-likeness (QED) is 0.512. The highest BCUT2D eigenvalue weighted by molar-refractivity contribution is 9.10. The van der Waals surface area contributed by atoms with E-state index in [1.807, 2.05) is 12.1 Å². The van der Waals surface area contributed by atoms with E-state index >= 15 is 0 Å². The SMILES string of the molecule is COc1ccccc1N1C(=O)/C(=C\c2ccc(F)c(Br)c2)SC1=S. The van der Waals surface area contributed by atoms with Crippen LogP contribution < -0.4 is 9.64 Å². The van der Waals surface area contributed by atoms with Crippen molar-refractivity contribution in [3.8, 4) is 5.75 Å². The summed E-state index contributed by atoms with van der Waals surface area (Å²) in [6.45, 7) is 0. The number of thiocarbonyl (C=S) groups is 1. The molecule has 0 saturated carbocycles. The van der Waals surface area contributed by atoms with E-state index in [2.05, 4.69) is 15.9 Å². The zero-order valence-electron chi connectivity index (χ0n) is 12.5. The van der Waals surface area contributed by atoms with Gasteiger partial charge in [-0.2, -0.15) is 0 Å². The molecular formula is C17H11BrFNO2S2. The van der Waals surface area contributed by atoms with Crippen LogP contribution >= 0.6 is 39.9 Å². The molecule has 2 aromatic carbocycles. The molecule has 1 aliphatic rings. The lowest BCUT2D eigenvalue weighted by Crippen LogP contribution is -2.27. The summed E-state index contributed by atoms with van der Waals surface area (Å²) in [6, 6.07) is 11.8. The van der Waals surface area contributed by atoms with Crippen molar-refractivity contribution >= 4 is 61.9 Å². The van der Waals surface area contributed by atoms with Crippen molar-refractivity contribution in [1.82, 2.24) is 0 Å². The van der Waals surface area contributed by atoms with E-state index in [4.69, 9.17) is 17.0 Å². The highest BCUT2D eigenvalue weighted by atomic mass is 79.9. The predicted octanol–water partition coefficient (Wildman–Crippen LogP) is 5.00. The summed E-state index contributed by atoms with van der Waals surface area (Å²) < 4.78 is 19.4. The molecule has 122 valence electrons. The molecule has 7 heteroatoms. The molecule has 1 aliphatic heterocycles. The van der Waals surface area contributed by atoms with Crippen molar-refractivity contribution < 1.29 is 13.9 Å². The largest absolute Gasteiger partial charge is 0.495 e. The number of nitrogens with zero attached hydrogens (tertiary/aromatic N) is 1. The van der Waals surface area contributed by atoms with Gasteiger partial charge in [-0.15, -0.1) is 0 Å². The first-order valence-corrected chi connectivity index (χ1v) is 8.89. The van der Waals surface area contributed by atoms with Crippen molar-refractivity contribution in [2.24, 2.45) is 0 Å². The number of anilines is 1. The fraction of sp³-hybridized carbons (Fsp3) is 0.0588. The maximum absolute atomic E-state index is 13.3. The van der Waals surface area contributed by atoms with Crippen molar-refractivity contribution in [2.75, 3.05) is 12.0 Å². The monoisotopic (exact) mass is 423 g/mol. The molecule has 0 aromatic heterocycles. The third-order valence-corrected chi connectivity index (χ3v) is 5.27. The van der Waals surface area contributed by atoms with E-state index in [1.165, 1.54) is 22.7 Å². The van der Waals surface area contributed by atoms with Crippen molar-refractivity contribution in [3.63, 3.8) is 0 Å². The van der Waals surface area contributed by atoms with Crippen LogP contribution in [0.5, 0.6) is 5.75 Å². The lowest BCUT2D eigenvalue weighted by Gasteiger charge is -2.17. The van der Waals surface area contributed by atoms with Crippen LogP contribution in [0.2, 0.25) is 0 Å². The fourth-order valence-electron chi connectivity index (χ4n) is 2.24. The second-order valence-corrected chi connectivity index (χ2v) is 7.39. The number of ether oxygens (including phenoxy) is 1. The second-order valence-electron chi connectivity index (χ2n) is 4.86. The zero-order valence-corrected chi connectivity index (χ0v) is 15.7. The van der Waals surface area contributed by atoms with E-state index in [9.17, 15) is 9.18 Å². The minimum atomic E-state index is -0.353. The Kier molecular flexibility index (Phi) is 5.03. The van der Waals surface area contributed by atoms with Crippen LogP contribution in [0.3, 0.4) is 0 Å². The van der Waals surface area contributed by atoms with E-state index < -0.39 is 0 Å². The number of methoxy groups -OCH3 is 1. The first-order chi connectivity index (χ1) is 11.5. The average Bonchev–Trinajstić information content (AvgIpc) is 2.85. The molecule has 24 heavy (non-hydrogen) atoms. The topological polar surface area (TPSA) is 29.5 Å². The maximum Gasteiger partial charge on any atom is 0.270 e. The lowest BCUT2D eigenvalue weighted by molar-refractivity contribution is -0.113. The van der Waals surface area contributed by atoms with Crippen LogP contribution in [0.4, 0.5) is 10.1 Å². The summed E-state index contributed by atoms with van der Waals surface area (Å²) in [7, 11) is 1.54. The van der Waals surface area contributed by atoms with E-state index in [-0.39, 0.29) is 11.7 Å². The van der Waals surface area contributed by atoms with Crippen LogP contribution in [-0.4, -0.2) is 17.3 Å². The van der Waals surface area contributed by atoms with Gasteiger partial charge in [-0.3, -0.25) is 9.69 Å². The number of hydrogen-bond donors (Lipinski definition) is 0. The molecule has 1 heterocycles. The van der Waals surface area contributed by atoms with Crippen LogP contribution in [0.25, 0.3) is 6.08 Å². The summed E-state index contributed by atoms with van der Waals surface area (Å²) >= 11 is 9.70. The normalized spacial score (nSPS) is 16.1. The molecule has 0 radical (unpaired) electrons. The zero-order chi connectivity index (χ0) is 17.3. The lowest BCUT2D eigenvalue weighted by atomic mass is 10.2. The summed E-state index contributed by atoms with van der Waals surface area (Å²) in [5.41, 5.74) is 1.31. The van der Waals surface area contributed by atoms with Gasteiger partial charge in [0.2, 0.25) is 0 Å². The molecule has 1 saturated heterocycles. The number of carbonyl (C=O) groups excluding carboxylic acids is 1. The number of rotatable bonds is 3. The van der Waals surface area contributed by atoms with Crippen molar-refractivity contribution in [1.29, 1.82) is 0 Å². The van der Waals surface area contributed by atoms with Crippen molar-refractivity contribution in [2.45, 2.75) is 0 Å². The van der Waals surface area contributed by atoms with Crippen LogP contribution in [0, 0.1) is 5.82 Å². The number of benzene rings is 2. The Labute approximate surface area is 156 Å². The van der Waals surface area contributed by atoms with Gasteiger partial charge in [0.15, 0.2) is 4.32 Å². The Morgan fingerprint density at radius 2 is 2.04 bits per heavy atom. The molecule has 2 aromatic rings. The highest BCUT2D eigenvalue weighted by Crippen LogP contribution is 2.39. The standard InChI is InChI=1S/C17H11BrFNO2S2/c1-22-14-5-3-2-4-13(14)20-16(21)15(24-17(20)23)9-10-6-7-12(19)11(18)8-10/h2-9H,1H3/b15-9+. The van der Waals surface area contributed by atoms with Gasteiger partial charge in [0.05, 0.1) is 22.2 Å². The second kappa shape index (κ2) is 7.04.